The molecule has 43 heavy (non-hydrogen) atoms. The Hall–Kier alpha value is -3.75. The molecule has 0 atom stereocenters. The minimum atomic E-state index is -0.921. The molecule has 0 heterocycles. The van der Waals surface area contributed by atoms with E-state index in [1.54, 1.807) is 56.5 Å². The fourth-order valence-corrected chi connectivity index (χ4v) is 4.99. The van der Waals surface area contributed by atoms with E-state index in [1.165, 1.54) is 13.3 Å². The van der Waals surface area contributed by atoms with Gasteiger partial charge in [-0.05, 0) is 89.5 Å². The predicted molar refractivity (Wildman–Crippen MR) is 173 cm³/mol. The summed E-state index contributed by atoms with van der Waals surface area (Å²) in [4.78, 5) is 36.8. The van der Waals surface area contributed by atoms with Crippen molar-refractivity contribution in [1.82, 2.24) is 10.7 Å². The third kappa shape index (κ3) is 10.5. The van der Waals surface area contributed by atoms with Gasteiger partial charge >= 0.3 is 11.8 Å². The molecule has 14 heteroatoms. The van der Waals surface area contributed by atoms with Gasteiger partial charge in [-0.25, -0.2) is 5.43 Å². The summed E-state index contributed by atoms with van der Waals surface area (Å²) >= 11 is 14.0. The largest absolute Gasteiger partial charge is 0.493 e. The predicted octanol–water partition coefficient (Wildman–Crippen LogP) is 4.84. The van der Waals surface area contributed by atoms with E-state index < -0.39 is 17.7 Å². The second-order valence-corrected chi connectivity index (χ2v) is 10.7. The minimum Gasteiger partial charge on any atom is -0.493 e. The van der Waals surface area contributed by atoms with Crippen LogP contribution in [0.25, 0.3) is 0 Å². The second kappa shape index (κ2) is 16.8. The Balaban J connectivity index is 1.54. The number of rotatable bonds is 13. The number of hydrazone groups is 1. The highest BCUT2D eigenvalue weighted by Crippen LogP contribution is 2.34. The molecule has 0 spiro atoms. The lowest BCUT2D eigenvalue weighted by atomic mass is 10.1. The Morgan fingerprint density at radius 2 is 1.63 bits per heavy atom. The van der Waals surface area contributed by atoms with E-state index in [-0.39, 0.29) is 13.2 Å². The number of anilines is 1. The van der Waals surface area contributed by atoms with Gasteiger partial charge in [0.2, 0.25) is 0 Å². The Morgan fingerprint density at radius 1 is 0.907 bits per heavy atom. The molecule has 0 aromatic heterocycles. The van der Waals surface area contributed by atoms with Crippen molar-refractivity contribution in [2.45, 2.75) is 13.3 Å². The van der Waals surface area contributed by atoms with E-state index >= 15 is 0 Å². The van der Waals surface area contributed by atoms with E-state index in [1.807, 2.05) is 28.7 Å². The number of nitrogens with zero attached hydrogens (tertiary/aromatic N) is 1. The zero-order chi connectivity index (χ0) is 31.4. The first-order valence-electron chi connectivity index (χ1n) is 12.8. The number of ether oxygens (including phenoxy) is 4. The topological polar surface area (TPSA) is 137 Å². The number of carbonyl (C=O) groups is 3. The van der Waals surface area contributed by atoms with E-state index in [0.717, 1.165) is 5.56 Å². The van der Waals surface area contributed by atoms with Crippen molar-refractivity contribution in [3.63, 3.8) is 0 Å². The lowest BCUT2D eigenvalue weighted by Gasteiger charge is -2.14. The monoisotopic (exact) mass is 742 g/mol. The van der Waals surface area contributed by atoms with Gasteiger partial charge in [-0.2, -0.15) is 5.10 Å². The zero-order valence-corrected chi connectivity index (χ0v) is 27.1. The molecule has 0 aliphatic carbocycles. The average molecular weight is 743 g/mol. The number of halogens is 3. The van der Waals surface area contributed by atoms with Crippen molar-refractivity contribution >= 4 is 75.4 Å². The number of methoxy groups -OCH3 is 2. The van der Waals surface area contributed by atoms with Crippen LogP contribution >= 0.6 is 45.8 Å². The highest BCUT2D eigenvalue weighted by molar-refractivity contribution is 14.1. The quantitative estimate of drug-likeness (QED) is 0.0988. The van der Waals surface area contributed by atoms with Crippen LogP contribution in [0.15, 0.2) is 53.6 Å². The zero-order valence-electron chi connectivity index (χ0n) is 23.5. The maximum Gasteiger partial charge on any atom is 0.329 e. The number of amides is 3. The molecule has 3 aromatic carbocycles. The Bertz CT molecular complexity index is 1480. The average Bonchev–Trinajstić information content (AvgIpc) is 2.96. The van der Waals surface area contributed by atoms with Crippen molar-refractivity contribution in [3.05, 3.63) is 73.3 Å². The summed E-state index contributed by atoms with van der Waals surface area (Å²) in [5, 5.41) is 9.87. The summed E-state index contributed by atoms with van der Waals surface area (Å²) in [6.07, 6.45) is 1.84. The fraction of sp³-hybridized carbons (Fsp3) is 0.241. The first-order chi connectivity index (χ1) is 20.6. The van der Waals surface area contributed by atoms with Crippen LogP contribution in [0.2, 0.25) is 10.0 Å². The number of nitrogens with one attached hydrogen (secondary N) is 3. The molecule has 228 valence electrons. The number of carbonyl (C=O) groups excluding carboxylic acids is 3. The molecule has 0 saturated heterocycles. The van der Waals surface area contributed by atoms with Gasteiger partial charge in [-0.1, -0.05) is 29.3 Å². The highest BCUT2D eigenvalue weighted by Gasteiger charge is 2.15. The van der Waals surface area contributed by atoms with Crippen LogP contribution in [0.4, 0.5) is 5.69 Å². The highest BCUT2D eigenvalue weighted by atomic mass is 127. The molecule has 0 saturated carbocycles. The summed E-state index contributed by atoms with van der Waals surface area (Å²) < 4.78 is 22.6. The van der Waals surface area contributed by atoms with Gasteiger partial charge in [0.25, 0.3) is 5.91 Å². The maximum absolute atomic E-state index is 12.4. The summed E-state index contributed by atoms with van der Waals surface area (Å²) in [5.41, 5.74) is 4.10. The SMILES string of the molecule is CCOc1cc(/C=N\NC(=O)C(=O)NCCc2ccc(OC)c(OC)c2)cc(I)c1OCC(=O)Nc1cc(Cl)cc(Cl)c1. The van der Waals surface area contributed by atoms with Gasteiger partial charge in [0.1, 0.15) is 0 Å². The van der Waals surface area contributed by atoms with E-state index in [4.69, 9.17) is 42.1 Å². The molecular weight excluding hydrogens is 714 g/mol. The molecular formula is C29H29Cl2IN4O7. The molecule has 0 fully saturated rings. The van der Waals surface area contributed by atoms with Gasteiger partial charge in [-0.15, -0.1) is 0 Å². The van der Waals surface area contributed by atoms with E-state index in [0.29, 0.717) is 60.9 Å². The molecule has 3 aromatic rings. The second-order valence-electron chi connectivity index (χ2n) is 8.65. The van der Waals surface area contributed by atoms with Gasteiger partial charge < -0.3 is 29.6 Å². The number of benzene rings is 3. The first-order valence-corrected chi connectivity index (χ1v) is 14.6. The van der Waals surface area contributed by atoms with Crippen LogP contribution in [-0.4, -0.2) is 57.9 Å². The van der Waals surface area contributed by atoms with Crippen molar-refractivity contribution in [2.75, 3.05) is 39.3 Å². The smallest absolute Gasteiger partial charge is 0.329 e. The molecule has 3 N–H and O–H groups in total. The third-order valence-electron chi connectivity index (χ3n) is 5.56. The van der Waals surface area contributed by atoms with Gasteiger partial charge in [-0.3, -0.25) is 14.4 Å². The summed E-state index contributed by atoms with van der Waals surface area (Å²) in [6, 6.07) is 13.5. The fourth-order valence-electron chi connectivity index (χ4n) is 3.68. The molecule has 0 bridgehead atoms. The van der Waals surface area contributed by atoms with Crippen LogP contribution in [-0.2, 0) is 20.8 Å². The summed E-state index contributed by atoms with van der Waals surface area (Å²) in [6.45, 7) is 2.07. The van der Waals surface area contributed by atoms with E-state index in [2.05, 4.69) is 21.2 Å². The molecule has 0 unspecified atom stereocenters. The Labute approximate surface area is 272 Å². The lowest BCUT2D eigenvalue weighted by Crippen LogP contribution is -2.38. The molecule has 3 rings (SSSR count). The minimum absolute atomic E-state index is 0.230. The number of hydrogen-bond donors (Lipinski definition) is 3. The Morgan fingerprint density at radius 3 is 2.30 bits per heavy atom. The van der Waals surface area contributed by atoms with Crippen molar-refractivity contribution < 1.29 is 33.3 Å². The van der Waals surface area contributed by atoms with Crippen LogP contribution in [0, 0.1) is 3.57 Å². The van der Waals surface area contributed by atoms with E-state index in [9.17, 15) is 14.4 Å². The first kappa shape index (κ1) is 33.7. The lowest BCUT2D eigenvalue weighted by molar-refractivity contribution is -0.139. The molecule has 0 radical (unpaired) electrons. The van der Waals surface area contributed by atoms with Crippen molar-refractivity contribution in [1.29, 1.82) is 0 Å². The summed E-state index contributed by atoms with van der Waals surface area (Å²) in [7, 11) is 3.09. The summed E-state index contributed by atoms with van der Waals surface area (Å²) in [5.74, 6) is -0.275. The molecule has 0 aliphatic rings. The Kier molecular flexibility index (Phi) is 13.2. The van der Waals surface area contributed by atoms with Gasteiger partial charge in [0.05, 0.1) is 30.6 Å². The van der Waals surface area contributed by atoms with Crippen LogP contribution in [0.3, 0.4) is 0 Å². The van der Waals surface area contributed by atoms with Crippen LogP contribution in [0.5, 0.6) is 23.0 Å². The standard InChI is InChI=1S/C29H29Cl2IN4O7/c1-4-42-25-11-18(9-22(32)27(25)43-16-26(37)35-21-13-19(30)12-20(31)14-21)15-34-36-29(39)28(38)33-8-7-17-5-6-23(40-2)24(10-17)41-3/h5-6,9-15H,4,7-8,16H2,1-3H3,(H,33,38)(H,35,37)(H,36,39)/b34-15-. The number of hydrogen-bond acceptors (Lipinski definition) is 8. The normalized spacial score (nSPS) is 10.7. The van der Waals surface area contributed by atoms with Crippen molar-refractivity contribution in [2.24, 2.45) is 5.10 Å². The van der Waals surface area contributed by atoms with Gasteiger partial charge in [0.15, 0.2) is 29.6 Å². The molecule has 0 aliphatic heterocycles. The molecule has 3 amide bonds. The molecule has 11 nitrogen and oxygen atoms in total. The van der Waals surface area contributed by atoms with Crippen LogP contribution < -0.4 is 35.0 Å². The van der Waals surface area contributed by atoms with Gasteiger partial charge in [0, 0.05) is 22.3 Å². The van der Waals surface area contributed by atoms with Crippen LogP contribution in [0.1, 0.15) is 18.1 Å². The maximum atomic E-state index is 12.4. The third-order valence-corrected chi connectivity index (χ3v) is 6.80. The van der Waals surface area contributed by atoms with Crippen molar-refractivity contribution in [3.8, 4) is 23.0 Å².